The Labute approximate surface area is 147 Å². The number of aromatic nitrogens is 2. The molecule has 0 fully saturated rings. The number of benzene rings is 1. The second-order valence-corrected chi connectivity index (χ2v) is 6.64. The van der Waals surface area contributed by atoms with Gasteiger partial charge in [0, 0.05) is 6.08 Å². The fourth-order valence-electron chi connectivity index (χ4n) is 1.93. The predicted molar refractivity (Wildman–Crippen MR) is 98.5 cm³/mol. The quantitative estimate of drug-likeness (QED) is 0.668. The number of rotatable bonds is 6. The predicted octanol–water partition coefficient (Wildman–Crippen LogP) is 4.32. The van der Waals surface area contributed by atoms with Crippen molar-refractivity contribution in [1.29, 1.82) is 0 Å². The first-order valence-electron chi connectivity index (χ1n) is 7.34. The molecule has 24 heavy (non-hydrogen) atoms. The summed E-state index contributed by atoms with van der Waals surface area (Å²) in [6.45, 7) is 2.57. The Morgan fingerprint density at radius 2 is 2.08 bits per heavy atom. The molecule has 3 aromatic rings. The van der Waals surface area contributed by atoms with Gasteiger partial charge in [0.15, 0.2) is 5.01 Å². The molecule has 0 saturated heterocycles. The number of anilines is 1. The normalized spacial score (nSPS) is 10.9. The molecule has 1 aromatic carbocycles. The van der Waals surface area contributed by atoms with Crippen LogP contribution in [0.15, 0.2) is 47.9 Å². The minimum Gasteiger partial charge on any atom is -0.494 e. The summed E-state index contributed by atoms with van der Waals surface area (Å²) in [6, 6.07) is 11.5. The number of thiophene rings is 1. The number of amides is 1. The molecule has 0 unspecified atom stereocenters. The first kappa shape index (κ1) is 16.4. The van der Waals surface area contributed by atoms with E-state index >= 15 is 0 Å². The molecule has 0 bridgehead atoms. The number of hydrogen-bond acceptors (Lipinski definition) is 6. The van der Waals surface area contributed by atoms with Gasteiger partial charge in [0.25, 0.3) is 0 Å². The highest BCUT2D eigenvalue weighted by molar-refractivity contribution is 7.23. The molecule has 0 saturated carbocycles. The molecule has 0 aliphatic carbocycles. The topological polar surface area (TPSA) is 64.1 Å². The standard InChI is InChI=1S/C17H15N3O2S2/c1-2-22-13-8-5-12(6-9-13)7-10-15(21)18-17-20-19-16(24-17)14-4-3-11-23-14/h3-11H,2H2,1H3,(H,18,20,21)/b10-7+. The minimum atomic E-state index is -0.238. The molecule has 2 heterocycles. The molecule has 0 aliphatic heterocycles. The summed E-state index contributed by atoms with van der Waals surface area (Å²) in [6.07, 6.45) is 3.22. The Balaban J connectivity index is 1.59. The van der Waals surface area contributed by atoms with Crippen LogP contribution >= 0.6 is 22.7 Å². The van der Waals surface area contributed by atoms with Crippen LogP contribution in [0.4, 0.5) is 5.13 Å². The number of hydrogen-bond donors (Lipinski definition) is 1. The van der Waals surface area contributed by atoms with Gasteiger partial charge >= 0.3 is 0 Å². The van der Waals surface area contributed by atoms with Crippen LogP contribution in [-0.2, 0) is 4.79 Å². The molecule has 0 radical (unpaired) electrons. The molecule has 2 aromatic heterocycles. The highest BCUT2D eigenvalue weighted by Gasteiger charge is 2.08. The van der Waals surface area contributed by atoms with Crippen molar-refractivity contribution in [2.75, 3.05) is 11.9 Å². The van der Waals surface area contributed by atoms with Crippen molar-refractivity contribution in [3.63, 3.8) is 0 Å². The lowest BCUT2D eigenvalue weighted by atomic mass is 10.2. The van der Waals surface area contributed by atoms with E-state index in [0.717, 1.165) is 21.2 Å². The molecule has 7 heteroatoms. The second kappa shape index (κ2) is 7.85. The van der Waals surface area contributed by atoms with E-state index in [1.807, 2.05) is 48.7 Å². The van der Waals surface area contributed by atoms with E-state index in [2.05, 4.69) is 15.5 Å². The monoisotopic (exact) mass is 357 g/mol. The summed E-state index contributed by atoms with van der Waals surface area (Å²) in [4.78, 5) is 13.0. The molecule has 0 spiro atoms. The second-order valence-electron chi connectivity index (χ2n) is 4.71. The van der Waals surface area contributed by atoms with Gasteiger partial charge in [-0.1, -0.05) is 29.5 Å². The van der Waals surface area contributed by atoms with Gasteiger partial charge in [0.05, 0.1) is 11.5 Å². The molecular formula is C17H15N3O2S2. The SMILES string of the molecule is CCOc1ccc(/C=C/C(=O)Nc2nnc(-c3cccs3)s2)cc1. The highest BCUT2D eigenvalue weighted by atomic mass is 32.1. The van der Waals surface area contributed by atoms with Gasteiger partial charge in [-0.25, -0.2) is 0 Å². The number of nitrogens with one attached hydrogen (secondary N) is 1. The summed E-state index contributed by atoms with van der Waals surface area (Å²) in [7, 11) is 0. The highest BCUT2D eigenvalue weighted by Crippen LogP contribution is 2.29. The Morgan fingerprint density at radius 3 is 2.79 bits per heavy atom. The Kier molecular flexibility index (Phi) is 5.35. The molecular weight excluding hydrogens is 342 g/mol. The van der Waals surface area contributed by atoms with E-state index in [1.165, 1.54) is 17.4 Å². The molecule has 3 rings (SSSR count). The van der Waals surface area contributed by atoms with Crippen LogP contribution in [0, 0.1) is 0 Å². The summed E-state index contributed by atoms with van der Waals surface area (Å²) in [5.41, 5.74) is 0.921. The first-order chi connectivity index (χ1) is 11.7. The smallest absolute Gasteiger partial charge is 0.250 e. The third-order valence-electron chi connectivity index (χ3n) is 3.01. The fourth-order valence-corrected chi connectivity index (χ4v) is 3.47. The lowest BCUT2D eigenvalue weighted by molar-refractivity contribution is -0.111. The number of carbonyl (C=O) groups is 1. The maximum Gasteiger partial charge on any atom is 0.250 e. The van der Waals surface area contributed by atoms with Crippen LogP contribution in [0.2, 0.25) is 0 Å². The van der Waals surface area contributed by atoms with Crippen molar-refractivity contribution in [3.8, 4) is 15.6 Å². The zero-order valence-electron chi connectivity index (χ0n) is 12.9. The van der Waals surface area contributed by atoms with Gasteiger partial charge in [0.2, 0.25) is 11.0 Å². The Bertz CT molecular complexity index is 824. The van der Waals surface area contributed by atoms with Gasteiger partial charge in [-0.15, -0.1) is 21.5 Å². The number of nitrogens with zero attached hydrogens (tertiary/aromatic N) is 2. The van der Waals surface area contributed by atoms with Crippen LogP contribution in [0.1, 0.15) is 12.5 Å². The lowest BCUT2D eigenvalue weighted by Crippen LogP contribution is -2.07. The van der Waals surface area contributed by atoms with Crippen molar-refractivity contribution < 1.29 is 9.53 Å². The first-order valence-corrected chi connectivity index (χ1v) is 9.03. The Morgan fingerprint density at radius 1 is 1.25 bits per heavy atom. The van der Waals surface area contributed by atoms with Gasteiger partial charge in [0.1, 0.15) is 5.75 Å². The van der Waals surface area contributed by atoms with E-state index in [0.29, 0.717) is 11.7 Å². The molecule has 122 valence electrons. The van der Waals surface area contributed by atoms with Gasteiger partial charge in [-0.05, 0) is 42.1 Å². The largest absolute Gasteiger partial charge is 0.494 e. The summed E-state index contributed by atoms with van der Waals surface area (Å²) in [5.74, 6) is 0.576. The zero-order chi connectivity index (χ0) is 16.8. The van der Waals surface area contributed by atoms with Crippen molar-refractivity contribution in [2.24, 2.45) is 0 Å². The maximum atomic E-state index is 12.0. The van der Waals surface area contributed by atoms with Crippen molar-refractivity contribution in [1.82, 2.24) is 10.2 Å². The third-order valence-corrected chi connectivity index (χ3v) is 4.88. The minimum absolute atomic E-state index is 0.238. The maximum absolute atomic E-state index is 12.0. The van der Waals surface area contributed by atoms with Crippen LogP contribution in [-0.4, -0.2) is 22.7 Å². The van der Waals surface area contributed by atoms with E-state index < -0.39 is 0 Å². The van der Waals surface area contributed by atoms with E-state index in [9.17, 15) is 4.79 Å². The number of carbonyl (C=O) groups excluding carboxylic acids is 1. The van der Waals surface area contributed by atoms with Crippen LogP contribution in [0.5, 0.6) is 5.75 Å². The van der Waals surface area contributed by atoms with E-state index in [-0.39, 0.29) is 5.91 Å². The van der Waals surface area contributed by atoms with E-state index in [4.69, 9.17) is 4.74 Å². The third kappa shape index (κ3) is 4.27. The average Bonchev–Trinajstić information content (AvgIpc) is 3.26. The van der Waals surface area contributed by atoms with Gasteiger partial charge in [-0.3, -0.25) is 10.1 Å². The number of ether oxygens (including phenoxy) is 1. The summed E-state index contributed by atoms with van der Waals surface area (Å²) >= 11 is 2.95. The summed E-state index contributed by atoms with van der Waals surface area (Å²) < 4.78 is 5.38. The molecule has 1 N–H and O–H groups in total. The van der Waals surface area contributed by atoms with Crippen LogP contribution in [0.25, 0.3) is 16.0 Å². The van der Waals surface area contributed by atoms with Crippen molar-refractivity contribution in [2.45, 2.75) is 6.92 Å². The lowest BCUT2D eigenvalue weighted by Gasteiger charge is -2.02. The average molecular weight is 357 g/mol. The van der Waals surface area contributed by atoms with Gasteiger partial charge in [-0.2, -0.15) is 0 Å². The molecule has 0 atom stereocenters. The molecule has 5 nitrogen and oxygen atoms in total. The van der Waals surface area contributed by atoms with Crippen LogP contribution < -0.4 is 10.1 Å². The van der Waals surface area contributed by atoms with Crippen molar-refractivity contribution >= 4 is 39.8 Å². The van der Waals surface area contributed by atoms with Gasteiger partial charge < -0.3 is 4.74 Å². The molecule has 1 amide bonds. The molecule has 0 aliphatic rings. The zero-order valence-corrected chi connectivity index (χ0v) is 14.6. The summed E-state index contributed by atoms with van der Waals surface area (Å²) in [5, 5.41) is 14.1. The Hall–Kier alpha value is -2.51. The fraction of sp³-hybridized carbons (Fsp3) is 0.118. The van der Waals surface area contributed by atoms with E-state index in [1.54, 1.807) is 17.4 Å². The van der Waals surface area contributed by atoms with Crippen LogP contribution in [0.3, 0.4) is 0 Å². The van der Waals surface area contributed by atoms with Crippen molar-refractivity contribution in [3.05, 3.63) is 53.4 Å².